The second-order valence-corrected chi connectivity index (χ2v) is 5.00. The molecule has 0 aliphatic heterocycles. The Morgan fingerprint density at radius 2 is 2.11 bits per heavy atom. The summed E-state index contributed by atoms with van der Waals surface area (Å²) in [6.45, 7) is 1.93. The van der Waals surface area contributed by atoms with Crippen LogP contribution in [0.5, 0.6) is 0 Å². The largest absolute Gasteiger partial charge is 0.294 e. The Morgan fingerprint density at radius 1 is 1.33 bits per heavy atom. The van der Waals surface area contributed by atoms with E-state index in [1.165, 1.54) is 12.1 Å². The molecule has 0 unspecified atom stereocenters. The van der Waals surface area contributed by atoms with E-state index in [4.69, 9.17) is 0 Å². The number of aryl methyl sites for hydroxylation is 1. The van der Waals surface area contributed by atoms with Gasteiger partial charge in [0.2, 0.25) is 0 Å². The number of Topliss-reactive ketones (excluding diaryl/α,β-unsaturated/α-hetero) is 1. The number of hydrogen-bond donors (Lipinski definition) is 0. The number of aromatic nitrogens is 1. The monoisotopic (exact) mass is 307 g/mol. The van der Waals surface area contributed by atoms with E-state index in [2.05, 4.69) is 20.9 Å². The summed E-state index contributed by atoms with van der Waals surface area (Å²) in [6.07, 6.45) is 1.89. The van der Waals surface area contributed by atoms with Gasteiger partial charge in [0.1, 0.15) is 5.82 Å². The van der Waals surface area contributed by atoms with E-state index in [9.17, 15) is 9.18 Å². The first kappa shape index (κ1) is 12.9. The summed E-state index contributed by atoms with van der Waals surface area (Å²) in [7, 11) is 0. The molecule has 1 heterocycles. The van der Waals surface area contributed by atoms with Crippen molar-refractivity contribution in [2.24, 2.45) is 0 Å². The van der Waals surface area contributed by atoms with E-state index in [0.29, 0.717) is 15.7 Å². The van der Waals surface area contributed by atoms with Gasteiger partial charge in [0.25, 0.3) is 0 Å². The third kappa shape index (κ3) is 3.23. The molecule has 0 fully saturated rings. The van der Waals surface area contributed by atoms with Crippen LogP contribution < -0.4 is 0 Å². The summed E-state index contributed by atoms with van der Waals surface area (Å²) < 4.78 is 13.7. The molecule has 2 rings (SSSR count). The molecule has 0 atom stereocenters. The predicted molar refractivity (Wildman–Crippen MR) is 71.1 cm³/mol. The molecule has 18 heavy (non-hydrogen) atoms. The first-order chi connectivity index (χ1) is 8.54. The number of ketones is 1. The molecule has 92 valence electrons. The van der Waals surface area contributed by atoms with Crippen molar-refractivity contribution in [2.75, 3.05) is 0 Å². The lowest BCUT2D eigenvalue weighted by atomic mass is 10.1. The number of halogens is 2. The highest BCUT2D eigenvalue weighted by Gasteiger charge is 2.10. The van der Waals surface area contributed by atoms with Gasteiger partial charge in [-0.05, 0) is 36.8 Å². The zero-order valence-corrected chi connectivity index (χ0v) is 11.4. The van der Waals surface area contributed by atoms with Crippen molar-refractivity contribution in [2.45, 2.75) is 13.3 Å². The van der Waals surface area contributed by atoms with Crippen molar-refractivity contribution < 1.29 is 9.18 Å². The van der Waals surface area contributed by atoms with E-state index in [-0.39, 0.29) is 12.2 Å². The molecular formula is C14H11BrFNO. The fourth-order valence-electron chi connectivity index (χ4n) is 1.58. The third-order valence-corrected chi connectivity index (χ3v) is 2.96. The summed E-state index contributed by atoms with van der Waals surface area (Å²) in [5.41, 5.74) is 2.08. The Morgan fingerprint density at radius 3 is 2.72 bits per heavy atom. The number of pyridine rings is 1. The van der Waals surface area contributed by atoms with E-state index < -0.39 is 5.82 Å². The van der Waals surface area contributed by atoms with Crippen LogP contribution in [0.15, 0.2) is 41.0 Å². The van der Waals surface area contributed by atoms with Crippen molar-refractivity contribution in [1.82, 2.24) is 4.98 Å². The van der Waals surface area contributed by atoms with Crippen LogP contribution in [-0.2, 0) is 6.42 Å². The Bertz CT molecular complexity index is 561. The van der Waals surface area contributed by atoms with Gasteiger partial charge in [0.05, 0.1) is 6.42 Å². The number of nitrogens with zero attached hydrogens (tertiary/aromatic N) is 1. The second-order valence-electron chi connectivity index (χ2n) is 4.08. The zero-order valence-electron chi connectivity index (χ0n) is 9.78. The lowest BCUT2D eigenvalue weighted by Crippen LogP contribution is -2.05. The van der Waals surface area contributed by atoms with Crippen LogP contribution in [0.1, 0.15) is 21.6 Å². The van der Waals surface area contributed by atoms with Gasteiger partial charge in [-0.1, -0.05) is 22.0 Å². The van der Waals surface area contributed by atoms with Gasteiger partial charge in [0.15, 0.2) is 5.78 Å². The summed E-state index contributed by atoms with van der Waals surface area (Å²) in [5, 5.41) is 0. The number of carbonyl (C=O) groups is 1. The molecule has 2 aromatic rings. The first-order valence-corrected chi connectivity index (χ1v) is 6.25. The van der Waals surface area contributed by atoms with E-state index in [1.807, 2.05) is 19.1 Å². The van der Waals surface area contributed by atoms with Gasteiger partial charge in [-0.25, -0.2) is 4.39 Å². The molecule has 0 aliphatic rings. The molecule has 0 amide bonds. The minimum absolute atomic E-state index is 0.147. The molecule has 0 saturated heterocycles. The molecule has 4 heteroatoms. The van der Waals surface area contributed by atoms with Crippen LogP contribution in [0.2, 0.25) is 0 Å². The SMILES string of the molecule is Cc1ccc(CC(=O)c2cc(F)cc(Br)c2)nc1. The summed E-state index contributed by atoms with van der Waals surface area (Å²) in [5.74, 6) is -0.573. The molecule has 0 radical (unpaired) electrons. The molecule has 0 bridgehead atoms. The molecule has 0 N–H and O–H groups in total. The molecule has 2 nitrogen and oxygen atoms in total. The van der Waals surface area contributed by atoms with Gasteiger partial charge in [-0.2, -0.15) is 0 Å². The number of carbonyl (C=O) groups excluding carboxylic acids is 1. The Hall–Kier alpha value is -1.55. The minimum atomic E-state index is -0.426. The van der Waals surface area contributed by atoms with Crippen LogP contribution in [0.25, 0.3) is 0 Å². The molecule has 1 aromatic carbocycles. The fraction of sp³-hybridized carbons (Fsp3) is 0.143. The summed E-state index contributed by atoms with van der Waals surface area (Å²) in [4.78, 5) is 16.1. The van der Waals surface area contributed by atoms with Crippen molar-refractivity contribution in [3.63, 3.8) is 0 Å². The van der Waals surface area contributed by atoms with E-state index in [1.54, 1.807) is 12.3 Å². The molecule has 1 aromatic heterocycles. The Balaban J connectivity index is 2.19. The first-order valence-electron chi connectivity index (χ1n) is 5.45. The Labute approximate surface area is 113 Å². The average molecular weight is 308 g/mol. The van der Waals surface area contributed by atoms with E-state index in [0.717, 1.165) is 5.56 Å². The van der Waals surface area contributed by atoms with Gasteiger partial charge in [0, 0.05) is 21.9 Å². The lowest BCUT2D eigenvalue weighted by molar-refractivity contribution is 0.0991. The minimum Gasteiger partial charge on any atom is -0.294 e. The highest BCUT2D eigenvalue weighted by molar-refractivity contribution is 9.10. The van der Waals surface area contributed by atoms with Gasteiger partial charge in [-0.15, -0.1) is 0 Å². The second kappa shape index (κ2) is 5.40. The number of hydrogen-bond acceptors (Lipinski definition) is 2. The quantitative estimate of drug-likeness (QED) is 0.809. The van der Waals surface area contributed by atoms with Crippen molar-refractivity contribution in [3.05, 3.63) is 63.6 Å². The van der Waals surface area contributed by atoms with Crippen LogP contribution in [0.3, 0.4) is 0 Å². The maximum atomic E-state index is 13.2. The topological polar surface area (TPSA) is 30.0 Å². The number of benzene rings is 1. The summed E-state index contributed by atoms with van der Waals surface area (Å²) in [6, 6.07) is 7.88. The highest BCUT2D eigenvalue weighted by Crippen LogP contribution is 2.16. The lowest BCUT2D eigenvalue weighted by Gasteiger charge is -2.03. The van der Waals surface area contributed by atoms with Crippen molar-refractivity contribution >= 4 is 21.7 Å². The van der Waals surface area contributed by atoms with Gasteiger partial charge in [-0.3, -0.25) is 9.78 Å². The van der Waals surface area contributed by atoms with Gasteiger partial charge >= 0.3 is 0 Å². The highest BCUT2D eigenvalue weighted by atomic mass is 79.9. The zero-order chi connectivity index (χ0) is 13.1. The fourth-order valence-corrected chi connectivity index (χ4v) is 2.05. The summed E-state index contributed by atoms with van der Waals surface area (Å²) >= 11 is 3.17. The molecule has 0 spiro atoms. The smallest absolute Gasteiger partial charge is 0.168 e. The van der Waals surface area contributed by atoms with Crippen LogP contribution >= 0.6 is 15.9 Å². The van der Waals surface area contributed by atoms with Crippen LogP contribution in [0, 0.1) is 12.7 Å². The van der Waals surface area contributed by atoms with Crippen molar-refractivity contribution in [3.8, 4) is 0 Å². The van der Waals surface area contributed by atoms with Crippen molar-refractivity contribution in [1.29, 1.82) is 0 Å². The van der Waals surface area contributed by atoms with Crippen LogP contribution in [-0.4, -0.2) is 10.8 Å². The van der Waals surface area contributed by atoms with Crippen LogP contribution in [0.4, 0.5) is 4.39 Å². The maximum absolute atomic E-state index is 13.2. The maximum Gasteiger partial charge on any atom is 0.168 e. The average Bonchev–Trinajstić information content (AvgIpc) is 2.31. The van der Waals surface area contributed by atoms with Gasteiger partial charge < -0.3 is 0 Å². The Kier molecular flexibility index (Phi) is 3.87. The number of rotatable bonds is 3. The predicted octanol–water partition coefficient (Wildman–Crippen LogP) is 3.72. The molecule has 0 saturated carbocycles. The molecular weight excluding hydrogens is 297 g/mol. The van der Waals surface area contributed by atoms with E-state index >= 15 is 0 Å². The standard InChI is InChI=1S/C14H11BrFNO/c1-9-2-3-13(17-8-9)7-14(18)10-4-11(15)6-12(16)5-10/h2-6,8H,7H2,1H3. The third-order valence-electron chi connectivity index (χ3n) is 2.50. The molecule has 0 aliphatic carbocycles. The normalized spacial score (nSPS) is 10.4.